The van der Waals surface area contributed by atoms with E-state index in [0.29, 0.717) is 19.6 Å². The van der Waals surface area contributed by atoms with Gasteiger partial charge in [0.25, 0.3) is 0 Å². The van der Waals surface area contributed by atoms with E-state index in [1.165, 1.54) is 10.9 Å². The molecule has 6 nitrogen and oxygen atoms in total. The number of fused-ring (bicyclic) bond motifs is 1. The van der Waals surface area contributed by atoms with Crippen LogP contribution in [0, 0.1) is 12.7 Å². The molecule has 36 heavy (non-hydrogen) atoms. The molecule has 8 heteroatoms. The van der Waals surface area contributed by atoms with Crippen molar-refractivity contribution in [2.45, 2.75) is 32.4 Å². The molecule has 1 saturated heterocycles. The number of rotatable bonds is 4. The van der Waals surface area contributed by atoms with Crippen LogP contribution in [0.1, 0.15) is 34.5 Å². The van der Waals surface area contributed by atoms with Gasteiger partial charge in [-0.15, -0.1) is 11.3 Å². The summed E-state index contributed by atoms with van der Waals surface area (Å²) in [5, 5.41) is 5.03. The molecule has 1 N–H and O–H groups in total. The summed E-state index contributed by atoms with van der Waals surface area (Å²) in [5.74, 6) is -0.226. The van der Waals surface area contributed by atoms with Gasteiger partial charge in [-0.25, -0.2) is 9.18 Å². The van der Waals surface area contributed by atoms with Crippen LogP contribution in [0.5, 0.6) is 0 Å². The summed E-state index contributed by atoms with van der Waals surface area (Å²) in [6.45, 7) is 6.45. The predicted octanol–water partition coefficient (Wildman–Crippen LogP) is 4.91. The normalized spacial score (nSPS) is 20.2. The quantitative estimate of drug-likeness (QED) is 0.547. The fourth-order valence-corrected chi connectivity index (χ4v) is 6.10. The van der Waals surface area contributed by atoms with Crippen molar-refractivity contribution in [1.82, 2.24) is 14.7 Å². The number of urea groups is 1. The van der Waals surface area contributed by atoms with Gasteiger partial charge in [0.2, 0.25) is 5.91 Å². The van der Waals surface area contributed by atoms with Crippen molar-refractivity contribution in [3.05, 3.63) is 87.4 Å². The fraction of sp³-hybridized carbons (Fsp3) is 0.357. The molecule has 5 rings (SSSR count). The van der Waals surface area contributed by atoms with Gasteiger partial charge in [-0.3, -0.25) is 9.69 Å². The summed E-state index contributed by atoms with van der Waals surface area (Å²) in [6, 6.07) is 16.1. The Kier molecular flexibility index (Phi) is 7.07. The van der Waals surface area contributed by atoms with E-state index in [2.05, 4.69) is 21.7 Å². The molecule has 3 heterocycles. The average Bonchev–Trinajstić information content (AvgIpc) is 3.34. The third-order valence-electron chi connectivity index (χ3n) is 7.11. The lowest BCUT2D eigenvalue weighted by Crippen LogP contribution is -2.58. The molecule has 2 atom stereocenters. The van der Waals surface area contributed by atoms with Crippen LogP contribution in [-0.4, -0.2) is 65.4 Å². The van der Waals surface area contributed by atoms with Gasteiger partial charge >= 0.3 is 6.03 Å². The summed E-state index contributed by atoms with van der Waals surface area (Å²) in [5.41, 5.74) is 3.93. The Morgan fingerprint density at radius 1 is 1.08 bits per heavy atom. The van der Waals surface area contributed by atoms with Gasteiger partial charge in [-0.05, 0) is 67.1 Å². The Hall–Kier alpha value is -3.23. The van der Waals surface area contributed by atoms with Crippen LogP contribution in [-0.2, 0) is 11.2 Å². The van der Waals surface area contributed by atoms with Crippen molar-refractivity contribution >= 4 is 29.0 Å². The highest BCUT2D eigenvalue weighted by molar-refractivity contribution is 7.10. The number of amides is 3. The molecule has 3 amide bonds. The lowest BCUT2D eigenvalue weighted by molar-refractivity contribution is -0.135. The Balaban J connectivity index is 1.24. The SMILES string of the molecule is Cc1ccc(NC(=O)N2CCN(C(=O)CN3CCc4sccc4[C@@H]3c3cccc(F)c3)C[C@H]2C)cc1. The number of nitrogens with one attached hydrogen (secondary N) is 1. The lowest BCUT2D eigenvalue weighted by atomic mass is 9.93. The molecule has 0 aliphatic carbocycles. The summed E-state index contributed by atoms with van der Waals surface area (Å²) in [7, 11) is 0. The van der Waals surface area contributed by atoms with E-state index in [1.54, 1.807) is 28.4 Å². The van der Waals surface area contributed by atoms with Crippen molar-refractivity contribution < 1.29 is 14.0 Å². The smallest absolute Gasteiger partial charge is 0.322 e. The first-order valence-electron chi connectivity index (χ1n) is 12.4. The number of anilines is 1. The highest BCUT2D eigenvalue weighted by atomic mass is 32.1. The average molecular weight is 507 g/mol. The van der Waals surface area contributed by atoms with Crippen molar-refractivity contribution in [1.29, 1.82) is 0 Å². The maximum Gasteiger partial charge on any atom is 0.322 e. The fourth-order valence-electron chi connectivity index (χ4n) is 5.20. The van der Waals surface area contributed by atoms with Crippen molar-refractivity contribution in [2.75, 3.05) is 38.0 Å². The van der Waals surface area contributed by atoms with Crippen LogP contribution in [0.15, 0.2) is 60.0 Å². The van der Waals surface area contributed by atoms with Gasteiger partial charge in [0, 0.05) is 42.8 Å². The van der Waals surface area contributed by atoms with Crippen LogP contribution in [0.3, 0.4) is 0 Å². The zero-order chi connectivity index (χ0) is 25.2. The number of hydrogen-bond acceptors (Lipinski definition) is 4. The van der Waals surface area contributed by atoms with E-state index >= 15 is 0 Å². The Labute approximate surface area is 215 Å². The summed E-state index contributed by atoms with van der Waals surface area (Å²) in [6.07, 6.45) is 0.884. The van der Waals surface area contributed by atoms with Crippen LogP contribution < -0.4 is 5.32 Å². The van der Waals surface area contributed by atoms with Gasteiger partial charge in [-0.1, -0.05) is 29.8 Å². The summed E-state index contributed by atoms with van der Waals surface area (Å²) in [4.78, 5) is 33.4. The second-order valence-corrected chi connectivity index (χ2v) is 10.7. The number of nitrogens with zero attached hydrogens (tertiary/aromatic N) is 3. The Morgan fingerprint density at radius 2 is 1.89 bits per heavy atom. The predicted molar refractivity (Wildman–Crippen MR) is 141 cm³/mol. The maximum absolute atomic E-state index is 14.1. The molecule has 0 unspecified atom stereocenters. The molecule has 2 aliphatic rings. The maximum atomic E-state index is 14.1. The van der Waals surface area contributed by atoms with Gasteiger partial charge in [0.15, 0.2) is 0 Å². The molecular weight excluding hydrogens is 475 g/mol. The first-order chi connectivity index (χ1) is 17.4. The van der Waals surface area contributed by atoms with Gasteiger partial charge in [0.1, 0.15) is 5.82 Å². The second kappa shape index (κ2) is 10.4. The minimum atomic E-state index is -0.269. The molecule has 1 fully saturated rings. The zero-order valence-corrected chi connectivity index (χ0v) is 21.4. The van der Waals surface area contributed by atoms with E-state index in [4.69, 9.17) is 0 Å². The minimum Gasteiger partial charge on any atom is -0.338 e. The van der Waals surface area contributed by atoms with Crippen LogP contribution in [0.2, 0.25) is 0 Å². The first kappa shape index (κ1) is 24.5. The molecule has 2 aliphatic heterocycles. The van der Waals surface area contributed by atoms with Gasteiger partial charge in [0.05, 0.1) is 12.6 Å². The zero-order valence-electron chi connectivity index (χ0n) is 20.6. The number of thiophene rings is 1. The number of hydrogen-bond donors (Lipinski definition) is 1. The minimum absolute atomic E-state index is 0.0422. The number of piperazine rings is 1. The van der Waals surface area contributed by atoms with Crippen LogP contribution >= 0.6 is 11.3 Å². The lowest BCUT2D eigenvalue weighted by Gasteiger charge is -2.41. The van der Waals surface area contributed by atoms with E-state index < -0.39 is 0 Å². The first-order valence-corrected chi connectivity index (χ1v) is 13.2. The second-order valence-electron chi connectivity index (χ2n) is 9.66. The topological polar surface area (TPSA) is 55.9 Å². The summed E-state index contributed by atoms with van der Waals surface area (Å²) >= 11 is 1.72. The molecule has 0 spiro atoms. The number of carbonyl (C=O) groups is 2. The number of halogens is 1. The van der Waals surface area contributed by atoms with Gasteiger partial charge in [-0.2, -0.15) is 0 Å². The van der Waals surface area contributed by atoms with E-state index in [0.717, 1.165) is 35.3 Å². The van der Waals surface area contributed by atoms with Crippen molar-refractivity contribution in [3.63, 3.8) is 0 Å². The van der Waals surface area contributed by atoms with E-state index in [-0.39, 0.29) is 36.4 Å². The van der Waals surface area contributed by atoms with Crippen molar-refractivity contribution in [3.8, 4) is 0 Å². The molecule has 188 valence electrons. The summed E-state index contributed by atoms with van der Waals surface area (Å²) < 4.78 is 14.1. The molecule has 0 radical (unpaired) electrons. The standard InChI is InChI=1S/C28H31FN4O2S/c1-19-6-8-23(9-7-19)30-28(35)33-14-13-31(17-20(33)2)26(34)18-32-12-10-25-24(11-15-36-25)27(32)21-4-3-5-22(29)16-21/h3-9,11,15-16,20,27H,10,12-14,17-18H2,1-2H3,(H,30,35)/t20-,27+/m1/s1. The van der Waals surface area contributed by atoms with E-state index in [9.17, 15) is 14.0 Å². The van der Waals surface area contributed by atoms with Crippen LogP contribution in [0.4, 0.5) is 14.9 Å². The molecular formula is C28H31FN4O2S. The molecule has 0 bridgehead atoms. The highest BCUT2D eigenvalue weighted by Crippen LogP contribution is 2.37. The molecule has 0 saturated carbocycles. The largest absolute Gasteiger partial charge is 0.338 e. The van der Waals surface area contributed by atoms with Gasteiger partial charge < -0.3 is 15.1 Å². The Morgan fingerprint density at radius 3 is 2.64 bits per heavy atom. The number of carbonyl (C=O) groups excluding carboxylic acids is 2. The monoisotopic (exact) mass is 506 g/mol. The number of aryl methyl sites for hydroxylation is 1. The molecule has 3 aromatic rings. The van der Waals surface area contributed by atoms with Crippen molar-refractivity contribution in [2.24, 2.45) is 0 Å². The molecule has 2 aromatic carbocycles. The molecule has 1 aromatic heterocycles. The van der Waals surface area contributed by atoms with Crippen LogP contribution in [0.25, 0.3) is 0 Å². The third kappa shape index (κ3) is 5.15. The van der Waals surface area contributed by atoms with E-state index in [1.807, 2.05) is 49.1 Å². The Bertz CT molecular complexity index is 1240. The highest BCUT2D eigenvalue weighted by Gasteiger charge is 2.34. The third-order valence-corrected chi connectivity index (χ3v) is 8.11. The number of benzene rings is 2.